The van der Waals surface area contributed by atoms with E-state index in [2.05, 4.69) is 24.1 Å². The van der Waals surface area contributed by atoms with Gasteiger partial charge in [-0.1, -0.05) is 6.92 Å². The molecule has 16 heavy (non-hydrogen) atoms. The van der Waals surface area contributed by atoms with Crippen LogP contribution < -0.4 is 5.32 Å². The van der Waals surface area contributed by atoms with Crippen molar-refractivity contribution in [3.63, 3.8) is 0 Å². The molecule has 2 unspecified atom stereocenters. The van der Waals surface area contributed by atoms with Gasteiger partial charge in [0.25, 0.3) is 0 Å². The first-order chi connectivity index (χ1) is 7.66. The number of nitrogens with one attached hydrogen (secondary N) is 1. The van der Waals surface area contributed by atoms with E-state index in [1.807, 2.05) is 0 Å². The number of nitrogens with zero attached hydrogens (tertiary/aromatic N) is 1. The van der Waals surface area contributed by atoms with Crippen molar-refractivity contribution in [2.45, 2.75) is 32.7 Å². The average molecular weight is 222 g/mol. The third-order valence-corrected chi connectivity index (χ3v) is 3.40. The first-order valence-electron chi connectivity index (χ1n) is 6.00. The Bertz CT molecular complexity index is 350. The highest BCUT2D eigenvalue weighted by molar-refractivity contribution is 5.14. The summed E-state index contributed by atoms with van der Waals surface area (Å²) >= 11 is 0. The van der Waals surface area contributed by atoms with Gasteiger partial charge in [0.05, 0.1) is 6.20 Å². The summed E-state index contributed by atoms with van der Waals surface area (Å²) in [6.45, 7) is 5.33. The van der Waals surface area contributed by atoms with E-state index in [-0.39, 0.29) is 11.9 Å². The van der Waals surface area contributed by atoms with Gasteiger partial charge in [-0.05, 0) is 49.8 Å². The number of halogens is 1. The monoisotopic (exact) mass is 222 g/mol. The van der Waals surface area contributed by atoms with E-state index in [1.54, 1.807) is 12.3 Å². The predicted octanol–water partition coefficient (Wildman–Crippen LogP) is 2.92. The number of hydrogen-bond donors (Lipinski definition) is 1. The van der Waals surface area contributed by atoms with Crippen molar-refractivity contribution >= 4 is 0 Å². The fraction of sp³-hybridized carbons (Fsp3) is 0.615. The zero-order valence-electron chi connectivity index (χ0n) is 9.91. The molecule has 1 saturated carbocycles. The molecule has 2 rings (SSSR count). The Balaban J connectivity index is 1.84. The molecule has 0 amide bonds. The van der Waals surface area contributed by atoms with Gasteiger partial charge in [-0.2, -0.15) is 0 Å². The minimum atomic E-state index is -0.263. The third-order valence-electron chi connectivity index (χ3n) is 3.40. The molecule has 1 fully saturated rings. The van der Waals surface area contributed by atoms with Crippen LogP contribution in [0.2, 0.25) is 0 Å². The summed E-state index contributed by atoms with van der Waals surface area (Å²) in [4.78, 5) is 3.86. The lowest BCUT2D eigenvalue weighted by Gasteiger charge is -2.17. The lowest BCUT2D eigenvalue weighted by molar-refractivity contribution is 0.430. The molecule has 2 nitrogen and oxygen atoms in total. The molecule has 1 N–H and O–H groups in total. The van der Waals surface area contributed by atoms with Crippen LogP contribution >= 0.6 is 0 Å². The van der Waals surface area contributed by atoms with E-state index in [9.17, 15) is 4.39 Å². The van der Waals surface area contributed by atoms with Gasteiger partial charge in [0.1, 0.15) is 5.82 Å². The highest BCUT2D eigenvalue weighted by atomic mass is 19.1. The van der Waals surface area contributed by atoms with Gasteiger partial charge in [0.2, 0.25) is 0 Å². The minimum absolute atomic E-state index is 0.171. The van der Waals surface area contributed by atoms with Crippen LogP contribution in [0.4, 0.5) is 4.39 Å². The van der Waals surface area contributed by atoms with E-state index < -0.39 is 0 Å². The third kappa shape index (κ3) is 3.01. The Morgan fingerprint density at radius 1 is 1.44 bits per heavy atom. The molecule has 1 aliphatic carbocycles. The van der Waals surface area contributed by atoms with E-state index in [0.717, 1.165) is 23.9 Å². The largest absolute Gasteiger partial charge is 0.310 e. The van der Waals surface area contributed by atoms with Crippen molar-refractivity contribution in [1.29, 1.82) is 0 Å². The van der Waals surface area contributed by atoms with Gasteiger partial charge >= 0.3 is 0 Å². The van der Waals surface area contributed by atoms with Gasteiger partial charge in [-0.25, -0.2) is 4.39 Å². The molecule has 1 aliphatic rings. The number of aromatic nitrogens is 1. The first kappa shape index (κ1) is 11.5. The second-order valence-corrected chi connectivity index (χ2v) is 4.88. The molecule has 0 aliphatic heterocycles. The Labute approximate surface area is 96.3 Å². The molecule has 1 aromatic heterocycles. The summed E-state index contributed by atoms with van der Waals surface area (Å²) in [6.07, 6.45) is 5.71. The lowest BCUT2D eigenvalue weighted by Crippen LogP contribution is -2.25. The van der Waals surface area contributed by atoms with Crippen LogP contribution in [-0.4, -0.2) is 11.5 Å². The smallest absolute Gasteiger partial charge is 0.141 e. The summed E-state index contributed by atoms with van der Waals surface area (Å²) in [5.74, 6) is 1.37. The molecule has 0 radical (unpaired) electrons. The Morgan fingerprint density at radius 2 is 2.19 bits per heavy atom. The van der Waals surface area contributed by atoms with Crippen molar-refractivity contribution in [3.05, 3.63) is 29.8 Å². The lowest BCUT2D eigenvalue weighted by atomic mass is 10.1. The summed E-state index contributed by atoms with van der Waals surface area (Å²) in [7, 11) is 0. The normalized spacial score (nSPS) is 19.4. The first-order valence-corrected chi connectivity index (χ1v) is 6.00. The van der Waals surface area contributed by atoms with Crippen LogP contribution in [0.1, 0.15) is 38.3 Å². The molecule has 2 atom stereocenters. The molecule has 1 heterocycles. The molecular weight excluding hydrogens is 203 g/mol. The molecule has 0 bridgehead atoms. The zero-order valence-corrected chi connectivity index (χ0v) is 9.91. The Hall–Kier alpha value is -0.960. The molecular formula is C13H19FN2. The van der Waals surface area contributed by atoms with E-state index in [4.69, 9.17) is 0 Å². The fourth-order valence-electron chi connectivity index (χ4n) is 1.98. The maximum absolute atomic E-state index is 13.0. The van der Waals surface area contributed by atoms with Gasteiger partial charge in [-0.3, -0.25) is 4.98 Å². The van der Waals surface area contributed by atoms with Gasteiger partial charge < -0.3 is 5.32 Å². The Morgan fingerprint density at radius 3 is 2.81 bits per heavy atom. The maximum Gasteiger partial charge on any atom is 0.141 e. The summed E-state index contributed by atoms with van der Waals surface area (Å²) in [5, 5.41) is 3.44. The van der Waals surface area contributed by atoms with Gasteiger partial charge in [-0.15, -0.1) is 0 Å². The fourth-order valence-corrected chi connectivity index (χ4v) is 1.98. The van der Waals surface area contributed by atoms with Crippen LogP contribution in [0.15, 0.2) is 18.5 Å². The molecule has 1 aromatic rings. The quantitative estimate of drug-likeness (QED) is 0.828. The van der Waals surface area contributed by atoms with E-state index >= 15 is 0 Å². The number of rotatable bonds is 5. The number of hydrogen-bond acceptors (Lipinski definition) is 2. The highest BCUT2D eigenvalue weighted by Gasteiger charge is 2.27. The van der Waals surface area contributed by atoms with Crippen molar-refractivity contribution in [1.82, 2.24) is 10.3 Å². The maximum atomic E-state index is 13.0. The highest BCUT2D eigenvalue weighted by Crippen LogP contribution is 2.36. The standard InChI is InChI=1S/C13H19FN2/c1-9(11-3-4-11)6-16-10(2)12-5-13(14)8-15-7-12/h5,7-11,16H,3-4,6H2,1-2H3. The molecule has 3 heteroatoms. The van der Waals surface area contributed by atoms with E-state index in [0.29, 0.717) is 0 Å². The topological polar surface area (TPSA) is 24.9 Å². The van der Waals surface area contributed by atoms with Gasteiger partial charge in [0, 0.05) is 12.2 Å². The SMILES string of the molecule is CC(NCC(C)C1CC1)c1cncc(F)c1. The van der Waals surface area contributed by atoms with Crippen molar-refractivity contribution in [2.75, 3.05) is 6.54 Å². The summed E-state index contributed by atoms with van der Waals surface area (Å²) in [5.41, 5.74) is 0.919. The summed E-state index contributed by atoms with van der Waals surface area (Å²) < 4.78 is 13.0. The van der Waals surface area contributed by atoms with Crippen molar-refractivity contribution < 1.29 is 4.39 Å². The van der Waals surface area contributed by atoms with Crippen LogP contribution in [0.25, 0.3) is 0 Å². The average Bonchev–Trinajstić information content (AvgIpc) is 3.09. The molecule has 0 saturated heterocycles. The minimum Gasteiger partial charge on any atom is -0.310 e. The zero-order chi connectivity index (χ0) is 11.5. The predicted molar refractivity (Wildman–Crippen MR) is 62.5 cm³/mol. The van der Waals surface area contributed by atoms with Crippen LogP contribution in [0.3, 0.4) is 0 Å². The molecule has 0 spiro atoms. The van der Waals surface area contributed by atoms with Gasteiger partial charge in [0.15, 0.2) is 0 Å². The van der Waals surface area contributed by atoms with Crippen LogP contribution in [0.5, 0.6) is 0 Å². The van der Waals surface area contributed by atoms with Crippen LogP contribution in [0, 0.1) is 17.7 Å². The summed E-state index contributed by atoms with van der Waals surface area (Å²) in [6, 6.07) is 1.72. The Kier molecular flexibility index (Phi) is 3.54. The molecule has 88 valence electrons. The second kappa shape index (κ2) is 4.91. The number of pyridine rings is 1. The van der Waals surface area contributed by atoms with Crippen molar-refractivity contribution in [2.24, 2.45) is 11.8 Å². The molecule has 0 aromatic carbocycles. The second-order valence-electron chi connectivity index (χ2n) is 4.88. The van der Waals surface area contributed by atoms with Crippen molar-refractivity contribution in [3.8, 4) is 0 Å². The van der Waals surface area contributed by atoms with Crippen LogP contribution in [-0.2, 0) is 0 Å². The van der Waals surface area contributed by atoms with E-state index in [1.165, 1.54) is 19.0 Å².